The Labute approximate surface area is 112 Å². The standard InChI is InChI=1S/C16H16O3/c17-16(18)10-13-6-8-15(9-7-13)12-19-11-14-4-2-1-3-5-14/h1-9H,10-12H2,(H,17,18). The van der Waals surface area contributed by atoms with Gasteiger partial charge in [0.2, 0.25) is 0 Å². The molecule has 0 fully saturated rings. The van der Waals surface area contributed by atoms with Crippen LogP contribution in [0.5, 0.6) is 0 Å². The van der Waals surface area contributed by atoms with Crippen molar-refractivity contribution in [3.05, 3.63) is 71.3 Å². The summed E-state index contributed by atoms with van der Waals surface area (Å²) in [5.41, 5.74) is 2.99. The van der Waals surface area contributed by atoms with Gasteiger partial charge in [-0.3, -0.25) is 4.79 Å². The number of carboxylic acids is 1. The summed E-state index contributed by atoms with van der Waals surface area (Å²) in [6, 6.07) is 17.5. The largest absolute Gasteiger partial charge is 0.481 e. The number of hydrogen-bond acceptors (Lipinski definition) is 2. The first-order chi connectivity index (χ1) is 9.24. The maximum absolute atomic E-state index is 10.6. The summed E-state index contributed by atoms with van der Waals surface area (Å²) < 4.78 is 5.61. The molecule has 0 spiro atoms. The number of aliphatic carboxylic acids is 1. The van der Waals surface area contributed by atoms with Crippen molar-refractivity contribution in [3.8, 4) is 0 Å². The lowest BCUT2D eigenvalue weighted by Crippen LogP contribution is -2.00. The molecule has 0 aliphatic carbocycles. The average molecular weight is 256 g/mol. The van der Waals surface area contributed by atoms with Crippen LogP contribution in [0.2, 0.25) is 0 Å². The van der Waals surface area contributed by atoms with Crippen LogP contribution in [0.15, 0.2) is 54.6 Å². The summed E-state index contributed by atoms with van der Waals surface area (Å²) in [7, 11) is 0. The van der Waals surface area contributed by atoms with Gasteiger partial charge in [-0.25, -0.2) is 0 Å². The topological polar surface area (TPSA) is 46.5 Å². The molecule has 3 heteroatoms. The fraction of sp³-hybridized carbons (Fsp3) is 0.188. The molecule has 0 saturated carbocycles. The Morgan fingerprint density at radius 1 is 0.842 bits per heavy atom. The maximum Gasteiger partial charge on any atom is 0.307 e. The molecule has 0 aliphatic rings. The van der Waals surface area contributed by atoms with Gasteiger partial charge in [-0.15, -0.1) is 0 Å². The lowest BCUT2D eigenvalue weighted by Gasteiger charge is -2.05. The summed E-state index contributed by atoms with van der Waals surface area (Å²) in [5.74, 6) is -0.812. The van der Waals surface area contributed by atoms with Crippen molar-refractivity contribution in [2.75, 3.05) is 0 Å². The molecule has 1 N–H and O–H groups in total. The Hall–Kier alpha value is -2.13. The van der Waals surface area contributed by atoms with E-state index in [9.17, 15) is 4.79 Å². The minimum absolute atomic E-state index is 0.0607. The van der Waals surface area contributed by atoms with Crippen molar-refractivity contribution in [1.82, 2.24) is 0 Å². The highest BCUT2D eigenvalue weighted by molar-refractivity contribution is 5.70. The SMILES string of the molecule is O=C(O)Cc1ccc(COCc2ccccc2)cc1. The van der Waals surface area contributed by atoms with Crippen molar-refractivity contribution in [2.45, 2.75) is 19.6 Å². The monoisotopic (exact) mass is 256 g/mol. The number of ether oxygens (including phenoxy) is 1. The van der Waals surface area contributed by atoms with Crippen LogP contribution in [-0.2, 0) is 29.2 Å². The number of carboxylic acid groups (broad SMARTS) is 1. The quantitative estimate of drug-likeness (QED) is 0.864. The molecule has 0 radical (unpaired) electrons. The lowest BCUT2D eigenvalue weighted by molar-refractivity contribution is -0.136. The van der Waals surface area contributed by atoms with Gasteiger partial charge in [0.25, 0.3) is 0 Å². The maximum atomic E-state index is 10.6. The van der Waals surface area contributed by atoms with Gasteiger partial charge in [0.15, 0.2) is 0 Å². The van der Waals surface area contributed by atoms with E-state index >= 15 is 0 Å². The second-order valence-electron chi connectivity index (χ2n) is 4.37. The summed E-state index contributed by atoms with van der Waals surface area (Å²) in [5, 5.41) is 8.68. The third-order valence-corrected chi connectivity index (χ3v) is 2.76. The molecule has 0 aliphatic heterocycles. The van der Waals surface area contributed by atoms with Gasteiger partial charge in [-0.05, 0) is 16.7 Å². The lowest BCUT2D eigenvalue weighted by atomic mass is 10.1. The van der Waals surface area contributed by atoms with E-state index < -0.39 is 5.97 Å². The van der Waals surface area contributed by atoms with Crippen LogP contribution in [0.4, 0.5) is 0 Å². The zero-order valence-corrected chi connectivity index (χ0v) is 10.6. The van der Waals surface area contributed by atoms with E-state index in [1.54, 1.807) is 0 Å². The zero-order valence-electron chi connectivity index (χ0n) is 10.6. The Kier molecular flexibility index (Phi) is 4.70. The van der Waals surface area contributed by atoms with Crippen LogP contribution >= 0.6 is 0 Å². The number of rotatable bonds is 6. The average Bonchev–Trinajstić information content (AvgIpc) is 2.41. The van der Waals surface area contributed by atoms with E-state index in [2.05, 4.69) is 0 Å². The Morgan fingerprint density at radius 2 is 1.37 bits per heavy atom. The van der Waals surface area contributed by atoms with E-state index in [0.717, 1.165) is 16.7 Å². The first-order valence-electron chi connectivity index (χ1n) is 6.15. The molecule has 2 aromatic rings. The zero-order chi connectivity index (χ0) is 13.5. The molecule has 0 heterocycles. The molecule has 0 amide bonds. The molecule has 98 valence electrons. The third-order valence-electron chi connectivity index (χ3n) is 2.76. The molecular weight excluding hydrogens is 240 g/mol. The molecule has 0 saturated heterocycles. The third kappa shape index (κ3) is 4.56. The highest BCUT2D eigenvalue weighted by Gasteiger charge is 2.00. The predicted molar refractivity (Wildman–Crippen MR) is 72.7 cm³/mol. The second kappa shape index (κ2) is 6.71. The minimum Gasteiger partial charge on any atom is -0.481 e. The van der Waals surface area contributed by atoms with Gasteiger partial charge in [0.05, 0.1) is 19.6 Å². The Morgan fingerprint density at radius 3 is 1.95 bits per heavy atom. The van der Waals surface area contributed by atoms with E-state index in [4.69, 9.17) is 9.84 Å². The van der Waals surface area contributed by atoms with Gasteiger partial charge in [-0.2, -0.15) is 0 Å². The van der Waals surface area contributed by atoms with E-state index in [1.807, 2.05) is 54.6 Å². The smallest absolute Gasteiger partial charge is 0.307 e. The van der Waals surface area contributed by atoms with Gasteiger partial charge in [0, 0.05) is 0 Å². The van der Waals surface area contributed by atoms with Crippen molar-refractivity contribution in [2.24, 2.45) is 0 Å². The highest BCUT2D eigenvalue weighted by Crippen LogP contribution is 2.08. The van der Waals surface area contributed by atoms with Crippen molar-refractivity contribution < 1.29 is 14.6 Å². The van der Waals surface area contributed by atoms with Gasteiger partial charge in [0.1, 0.15) is 0 Å². The summed E-state index contributed by atoms with van der Waals surface area (Å²) >= 11 is 0. The van der Waals surface area contributed by atoms with Crippen LogP contribution in [-0.4, -0.2) is 11.1 Å². The van der Waals surface area contributed by atoms with E-state index in [1.165, 1.54) is 0 Å². The fourth-order valence-corrected chi connectivity index (χ4v) is 1.79. The van der Waals surface area contributed by atoms with Crippen molar-refractivity contribution >= 4 is 5.97 Å². The van der Waals surface area contributed by atoms with Crippen LogP contribution in [0, 0.1) is 0 Å². The fourth-order valence-electron chi connectivity index (χ4n) is 1.79. The molecule has 3 nitrogen and oxygen atoms in total. The highest BCUT2D eigenvalue weighted by atomic mass is 16.5. The Bertz CT molecular complexity index is 517. The Balaban J connectivity index is 1.81. The number of hydrogen-bond donors (Lipinski definition) is 1. The van der Waals surface area contributed by atoms with E-state index in [-0.39, 0.29) is 6.42 Å². The molecule has 0 atom stereocenters. The minimum atomic E-state index is -0.812. The van der Waals surface area contributed by atoms with Gasteiger partial charge >= 0.3 is 5.97 Å². The predicted octanol–water partition coefficient (Wildman–Crippen LogP) is 3.03. The first kappa shape index (κ1) is 13.3. The van der Waals surface area contributed by atoms with Crippen LogP contribution in [0.1, 0.15) is 16.7 Å². The molecule has 2 rings (SSSR count). The number of benzene rings is 2. The molecule has 0 unspecified atom stereocenters. The summed E-state index contributed by atoms with van der Waals surface area (Å²) in [4.78, 5) is 10.6. The van der Waals surface area contributed by atoms with Gasteiger partial charge in [-0.1, -0.05) is 54.6 Å². The van der Waals surface area contributed by atoms with Crippen LogP contribution < -0.4 is 0 Å². The normalized spacial score (nSPS) is 10.3. The van der Waals surface area contributed by atoms with Gasteiger partial charge < -0.3 is 9.84 Å². The second-order valence-corrected chi connectivity index (χ2v) is 4.37. The van der Waals surface area contributed by atoms with Crippen LogP contribution in [0.25, 0.3) is 0 Å². The molecule has 0 aromatic heterocycles. The molecule has 2 aromatic carbocycles. The first-order valence-corrected chi connectivity index (χ1v) is 6.15. The van der Waals surface area contributed by atoms with E-state index in [0.29, 0.717) is 13.2 Å². The molecule has 19 heavy (non-hydrogen) atoms. The molecule has 0 bridgehead atoms. The van der Waals surface area contributed by atoms with Crippen molar-refractivity contribution in [3.63, 3.8) is 0 Å². The van der Waals surface area contributed by atoms with Crippen molar-refractivity contribution in [1.29, 1.82) is 0 Å². The molecular formula is C16H16O3. The number of carbonyl (C=O) groups is 1. The summed E-state index contributed by atoms with van der Waals surface area (Å²) in [6.07, 6.45) is 0.0607. The summed E-state index contributed by atoms with van der Waals surface area (Å²) in [6.45, 7) is 1.11. The van der Waals surface area contributed by atoms with Crippen LogP contribution in [0.3, 0.4) is 0 Å².